The third-order valence-corrected chi connectivity index (χ3v) is 1.62. The van der Waals surface area contributed by atoms with E-state index in [0.717, 1.165) is 9.63 Å². The Balaban J connectivity index is 2.89. The molecule has 0 fully saturated rings. The number of aryl methyl sites for hydroxylation is 1. The van der Waals surface area contributed by atoms with Gasteiger partial charge in [0, 0.05) is 23.6 Å². The van der Waals surface area contributed by atoms with Gasteiger partial charge in [-0.3, -0.25) is 0 Å². The first-order valence-corrected chi connectivity index (χ1v) is 3.56. The quantitative estimate of drug-likeness (QED) is 0.594. The van der Waals surface area contributed by atoms with Crippen LogP contribution >= 0.6 is 23.6 Å². The molecule has 1 aromatic rings. The zero-order chi connectivity index (χ0) is 7.56. The van der Waals surface area contributed by atoms with Crippen molar-refractivity contribution in [1.82, 2.24) is 0 Å². The Hall–Kier alpha value is -0.400. The maximum atomic E-state index is 5.45. The van der Waals surface area contributed by atoms with Crippen molar-refractivity contribution in [2.45, 2.75) is 6.92 Å². The topological polar surface area (TPSA) is 3.24 Å². The second-order valence-corrected chi connectivity index (χ2v) is 2.92. The summed E-state index contributed by atoms with van der Waals surface area (Å²) < 4.78 is 1.04. The van der Waals surface area contributed by atoms with Crippen molar-refractivity contribution < 1.29 is 0 Å². The lowest BCUT2D eigenvalue weighted by Crippen LogP contribution is -1.90. The van der Waals surface area contributed by atoms with Gasteiger partial charge in [0.15, 0.2) is 0 Å². The zero-order valence-electron chi connectivity index (χ0n) is 5.51. The third kappa shape index (κ3) is 1.79. The molecule has 10 heavy (non-hydrogen) atoms. The minimum atomic E-state index is 0.786. The molecule has 0 radical (unpaired) electrons. The lowest BCUT2D eigenvalue weighted by Gasteiger charge is -2.03. The van der Waals surface area contributed by atoms with Crippen molar-refractivity contribution in [3.8, 4) is 0 Å². The van der Waals surface area contributed by atoms with Crippen LogP contribution in [0.5, 0.6) is 0 Å². The summed E-state index contributed by atoms with van der Waals surface area (Å²) in [5.41, 5.74) is 1.98. The van der Waals surface area contributed by atoms with Gasteiger partial charge in [-0.2, -0.15) is 3.94 Å². The highest BCUT2D eigenvalue weighted by atomic mass is 35.5. The molecule has 0 unspecified atom stereocenters. The monoisotopic (exact) mass is 175 g/mol. The lowest BCUT2D eigenvalue weighted by atomic mass is 10.2. The van der Waals surface area contributed by atoms with E-state index in [2.05, 4.69) is 0 Å². The van der Waals surface area contributed by atoms with Gasteiger partial charge in [-0.05, 0) is 19.1 Å². The van der Waals surface area contributed by atoms with Gasteiger partial charge in [0.25, 0.3) is 0 Å². The van der Waals surface area contributed by atoms with E-state index in [1.165, 1.54) is 5.56 Å². The highest BCUT2D eigenvalue weighted by Crippen LogP contribution is 2.18. The van der Waals surface area contributed by atoms with Gasteiger partial charge < -0.3 is 0 Å². The van der Waals surface area contributed by atoms with Crippen molar-refractivity contribution in [3.05, 3.63) is 29.8 Å². The van der Waals surface area contributed by atoms with Gasteiger partial charge in [0.2, 0.25) is 0 Å². The molecular formula is C7H7Cl2N. The number of halogens is 2. The molecule has 0 aliphatic heterocycles. The summed E-state index contributed by atoms with van der Waals surface area (Å²) in [5.74, 6) is 0. The summed E-state index contributed by atoms with van der Waals surface area (Å²) in [6.07, 6.45) is 0. The Morgan fingerprint density at radius 3 is 2.00 bits per heavy atom. The van der Waals surface area contributed by atoms with Gasteiger partial charge in [0.1, 0.15) is 0 Å². The fraction of sp³-hybridized carbons (Fsp3) is 0.143. The van der Waals surface area contributed by atoms with Crippen molar-refractivity contribution in [2.75, 3.05) is 3.94 Å². The number of anilines is 1. The molecular weight excluding hydrogens is 169 g/mol. The Morgan fingerprint density at radius 2 is 1.60 bits per heavy atom. The van der Waals surface area contributed by atoms with E-state index in [4.69, 9.17) is 23.6 Å². The van der Waals surface area contributed by atoms with E-state index >= 15 is 0 Å². The van der Waals surface area contributed by atoms with Gasteiger partial charge in [0.05, 0.1) is 5.69 Å². The van der Waals surface area contributed by atoms with Crippen molar-refractivity contribution >= 4 is 29.2 Å². The minimum absolute atomic E-state index is 0.786. The van der Waals surface area contributed by atoms with Crippen LogP contribution in [0.4, 0.5) is 5.69 Å². The van der Waals surface area contributed by atoms with E-state index in [-0.39, 0.29) is 0 Å². The average molecular weight is 176 g/mol. The fourth-order valence-electron chi connectivity index (χ4n) is 0.657. The lowest BCUT2D eigenvalue weighted by molar-refractivity contribution is 1.45. The van der Waals surface area contributed by atoms with E-state index in [1.54, 1.807) is 0 Å². The molecule has 0 amide bonds. The van der Waals surface area contributed by atoms with Gasteiger partial charge in [-0.25, -0.2) is 0 Å². The molecule has 3 heteroatoms. The summed E-state index contributed by atoms with van der Waals surface area (Å²) >= 11 is 10.9. The highest BCUT2D eigenvalue weighted by molar-refractivity contribution is 6.49. The number of hydrogen-bond donors (Lipinski definition) is 0. The summed E-state index contributed by atoms with van der Waals surface area (Å²) in [7, 11) is 0. The number of benzene rings is 1. The molecule has 0 heterocycles. The third-order valence-electron chi connectivity index (χ3n) is 1.23. The minimum Gasteiger partial charge on any atom is -0.194 e. The molecule has 1 rings (SSSR count). The van der Waals surface area contributed by atoms with Crippen LogP contribution in [0.2, 0.25) is 0 Å². The first kappa shape index (κ1) is 7.70. The first-order valence-electron chi connectivity index (χ1n) is 2.88. The summed E-state index contributed by atoms with van der Waals surface area (Å²) in [4.78, 5) is 0. The van der Waals surface area contributed by atoms with Crippen LogP contribution in [0.1, 0.15) is 5.56 Å². The molecule has 0 spiro atoms. The Kier molecular flexibility index (Phi) is 2.41. The number of rotatable bonds is 1. The smallest absolute Gasteiger partial charge is 0.0710 e. The SMILES string of the molecule is Cc1ccc(N(Cl)Cl)cc1. The van der Waals surface area contributed by atoms with Crippen LogP contribution in [-0.2, 0) is 0 Å². The van der Waals surface area contributed by atoms with Crippen LogP contribution < -0.4 is 3.94 Å². The van der Waals surface area contributed by atoms with Crippen molar-refractivity contribution in [1.29, 1.82) is 0 Å². The summed E-state index contributed by atoms with van der Waals surface area (Å²) in [6, 6.07) is 7.62. The summed E-state index contributed by atoms with van der Waals surface area (Å²) in [6.45, 7) is 2.01. The van der Waals surface area contributed by atoms with Gasteiger partial charge in [-0.15, -0.1) is 0 Å². The van der Waals surface area contributed by atoms with Crippen LogP contribution in [-0.4, -0.2) is 0 Å². The van der Waals surface area contributed by atoms with Gasteiger partial charge in [-0.1, -0.05) is 17.7 Å². The molecule has 1 aromatic carbocycles. The molecule has 54 valence electrons. The van der Waals surface area contributed by atoms with Gasteiger partial charge >= 0.3 is 0 Å². The normalized spacial score (nSPS) is 9.50. The highest BCUT2D eigenvalue weighted by Gasteiger charge is 1.95. The second-order valence-electron chi connectivity index (χ2n) is 2.07. The maximum Gasteiger partial charge on any atom is 0.0710 e. The molecule has 0 saturated carbocycles. The molecule has 1 nitrogen and oxygen atoms in total. The van der Waals surface area contributed by atoms with E-state index in [0.29, 0.717) is 0 Å². The maximum absolute atomic E-state index is 5.45. The first-order chi connectivity index (χ1) is 4.70. The van der Waals surface area contributed by atoms with E-state index in [9.17, 15) is 0 Å². The second kappa shape index (κ2) is 3.13. The Bertz CT molecular complexity index is 205. The Morgan fingerprint density at radius 1 is 1.10 bits per heavy atom. The molecule has 0 aliphatic carbocycles. The van der Waals surface area contributed by atoms with Crippen LogP contribution in [0, 0.1) is 6.92 Å². The fourth-order valence-corrected chi connectivity index (χ4v) is 0.883. The predicted molar refractivity (Wildman–Crippen MR) is 45.4 cm³/mol. The van der Waals surface area contributed by atoms with Crippen LogP contribution in [0.3, 0.4) is 0 Å². The molecule has 0 saturated heterocycles. The van der Waals surface area contributed by atoms with E-state index < -0.39 is 0 Å². The predicted octanol–water partition coefficient (Wildman–Crippen LogP) is 3.11. The standard InChI is InChI=1S/C7H7Cl2N/c1-6-2-4-7(5-3-6)10(8)9/h2-5H,1H3. The Labute approximate surface area is 70.4 Å². The molecule has 0 atom stereocenters. The zero-order valence-corrected chi connectivity index (χ0v) is 7.02. The number of hydrogen-bond acceptors (Lipinski definition) is 1. The molecule has 0 aliphatic rings. The van der Waals surface area contributed by atoms with E-state index in [1.807, 2.05) is 31.2 Å². The van der Waals surface area contributed by atoms with Crippen molar-refractivity contribution in [2.24, 2.45) is 0 Å². The average Bonchev–Trinajstić information content (AvgIpc) is 1.88. The van der Waals surface area contributed by atoms with Crippen molar-refractivity contribution in [3.63, 3.8) is 0 Å². The van der Waals surface area contributed by atoms with Crippen LogP contribution in [0.15, 0.2) is 24.3 Å². The molecule has 0 N–H and O–H groups in total. The summed E-state index contributed by atoms with van der Waals surface area (Å²) in [5, 5.41) is 0. The number of nitrogens with zero attached hydrogens (tertiary/aromatic N) is 1. The molecule has 0 bridgehead atoms. The largest absolute Gasteiger partial charge is 0.194 e. The molecule has 0 aromatic heterocycles. The van der Waals surface area contributed by atoms with Crippen LogP contribution in [0.25, 0.3) is 0 Å².